The van der Waals surface area contributed by atoms with Crippen molar-refractivity contribution >= 4 is 33.6 Å². The number of carbonyl (C=O) groups excluding carboxylic acids is 2. The fourth-order valence-corrected chi connectivity index (χ4v) is 2.80. The van der Waals surface area contributed by atoms with Gasteiger partial charge < -0.3 is 14.6 Å². The first-order valence-corrected chi connectivity index (χ1v) is 9.35. The average molecular weight is 465 g/mol. The number of nitrogens with one attached hydrogen (secondary N) is 2. The Morgan fingerprint density at radius 1 is 1.17 bits per heavy atom. The molecule has 0 bridgehead atoms. The Balaban J connectivity index is 2.24. The van der Waals surface area contributed by atoms with E-state index in [-0.39, 0.29) is 11.5 Å². The van der Waals surface area contributed by atoms with E-state index in [0.717, 1.165) is 10.5 Å². The molecule has 154 valence electrons. The van der Waals surface area contributed by atoms with E-state index in [4.69, 9.17) is 14.7 Å². The molecule has 0 aliphatic rings. The first-order valence-electron chi connectivity index (χ1n) is 8.56. The van der Waals surface area contributed by atoms with Gasteiger partial charge in [-0.05, 0) is 42.0 Å². The van der Waals surface area contributed by atoms with Crippen LogP contribution in [0, 0.1) is 5.92 Å². The molecule has 0 aliphatic carbocycles. The summed E-state index contributed by atoms with van der Waals surface area (Å²) in [5.41, 5.74) is 2.53. The maximum absolute atomic E-state index is 12.4. The number of rotatable bonds is 7. The lowest BCUT2D eigenvalue weighted by atomic mass is 9.96. The molecule has 29 heavy (non-hydrogen) atoms. The third kappa shape index (κ3) is 6.51. The molecule has 2 atom stereocenters. The number of carbonyl (C=O) groups is 2. The largest absolute Gasteiger partial charge is 0.504 e. The summed E-state index contributed by atoms with van der Waals surface area (Å²) < 4.78 is 11.5. The number of ether oxygens (including phenoxy) is 2. The highest BCUT2D eigenvalue weighted by Crippen LogP contribution is 2.34. The average Bonchev–Trinajstić information content (AvgIpc) is 2.71. The minimum atomic E-state index is -0.829. The summed E-state index contributed by atoms with van der Waals surface area (Å²) in [6.07, 6.45) is 1.06. The lowest BCUT2D eigenvalue weighted by molar-refractivity contribution is -0.124. The molecule has 0 aliphatic heterocycles. The Morgan fingerprint density at radius 3 is 2.45 bits per heavy atom. The van der Waals surface area contributed by atoms with Gasteiger partial charge in [0.1, 0.15) is 6.10 Å². The van der Waals surface area contributed by atoms with E-state index in [2.05, 4.69) is 21.2 Å². The van der Waals surface area contributed by atoms with Crippen LogP contribution in [0.4, 0.5) is 10.5 Å². The third-order valence-electron chi connectivity index (χ3n) is 3.99. The molecule has 0 aromatic heterocycles. The van der Waals surface area contributed by atoms with Gasteiger partial charge in [0.05, 0.1) is 7.11 Å². The lowest BCUT2D eigenvalue weighted by Crippen LogP contribution is -2.22. The molecule has 0 heterocycles. The molecule has 0 saturated heterocycles. The smallest absolute Gasteiger partial charge is 0.412 e. The predicted octanol–water partition coefficient (Wildman–Crippen LogP) is 4.15. The summed E-state index contributed by atoms with van der Waals surface area (Å²) in [5, 5.41) is 21.3. The van der Waals surface area contributed by atoms with E-state index < -0.39 is 24.0 Å². The van der Waals surface area contributed by atoms with Gasteiger partial charge in [-0.2, -0.15) is 0 Å². The van der Waals surface area contributed by atoms with Gasteiger partial charge in [0.25, 0.3) is 5.91 Å². The molecular weight excluding hydrogens is 444 g/mol. The second-order valence-electron chi connectivity index (χ2n) is 6.08. The van der Waals surface area contributed by atoms with Gasteiger partial charge in [-0.25, -0.2) is 10.3 Å². The normalized spacial score (nSPS) is 12.8. The molecular formula is C20H21BrN2O6. The molecule has 2 aromatic carbocycles. The number of halogens is 1. The molecule has 8 nitrogen and oxygen atoms in total. The zero-order valence-electron chi connectivity index (χ0n) is 15.8. The highest BCUT2D eigenvalue weighted by molar-refractivity contribution is 9.10. The van der Waals surface area contributed by atoms with E-state index in [1.165, 1.54) is 24.7 Å². The Bertz CT molecular complexity index is 885. The summed E-state index contributed by atoms with van der Waals surface area (Å²) in [7, 11) is 1.42. The molecule has 9 heteroatoms. The molecule has 2 amide bonds. The van der Waals surface area contributed by atoms with Gasteiger partial charge >= 0.3 is 6.09 Å². The van der Waals surface area contributed by atoms with Crippen molar-refractivity contribution in [3.05, 3.63) is 64.7 Å². The van der Waals surface area contributed by atoms with Crippen LogP contribution in [-0.4, -0.2) is 29.4 Å². The van der Waals surface area contributed by atoms with Crippen molar-refractivity contribution in [2.75, 3.05) is 12.4 Å². The lowest BCUT2D eigenvalue weighted by Gasteiger charge is -2.23. The van der Waals surface area contributed by atoms with E-state index in [0.29, 0.717) is 11.3 Å². The molecule has 4 N–H and O–H groups in total. The molecule has 2 aromatic rings. The molecule has 0 unspecified atom stereocenters. The van der Waals surface area contributed by atoms with Gasteiger partial charge in [0, 0.05) is 22.2 Å². The highest BCUT2D eigenvalue weighted by atomic mass is 79.9. The molecule has 0 fully saturated rings. The molecule has 0 saturated carbocycles. The van der Waals surface area contributed by atoms with Crippen molar-refractivity contribution in [3.8, 4) is 11.5 Å². The van der Waals surface area contributed by atoms with Gasteiger partial charge in [0.2, 0.25) is 0 Å². The number of phenolic OH excluding ortho intramolecular Hbond substituents is 1. The van der Waals surface area contributed by atoms with Crippen LogP contribution in [0.25, 0.3) is 0 Å². The van der Waals surface area contributed by atoms with Gasteiger partial charge in [-0.3, -0.25) is 15.3 Å². The van der Waals surface area contributed by atoms with Crippen LogP contribution in [0.2, 0.25) is 0 Å². The van der Waals surface area contributed by atoms with E-state index in [9.17, 15) is 14.7 Å². The van der Waals surface area contributed by atoms with Crippen molar-refractivity contribution in [2.45, 2.75) is 13.0 Å². The van der Waals surface area contributed by atoms with Crippen LogP contribution in [0.15, 0.2) is 59.1 Å². The fourth-order valence-electron chi connectivity index (χ4n) is 2.54. The third-order valence-corrected chi connectivity index (χ3v) is 4.52. The van der Waals surface area contributed by atoms with Crippen molar-refractivity contribution in [2.24, 2.45) is 5.92 Å². The maximum Gasteiger partial charge on any atom is 0.412 e. The summed E-state index contributed by atoms with van der Waals surface area (Å²) in [6.45, 7) is 1.72. The number of anilines is 1. The SMILES string of the molecule is COc1ccc([C@@H](OC(=O)Nc2ccc(Br)cc2)[C@@H](C)/C=C/C(=O)NO)cc1O. The Labute approximate surface area is 176 Å². The Kier molecular flexibility index (Phi) is 8.05. The predicted molar refractivity (Wildman–Crippen MR) is 110 cm³/mol. The Morgan fingerprint density at radius 2 is 1.86 bits per heavy atom. The first kappa shape index (κ1) is 22.3. The minimum absolute atomic E-state index is 0.115. The monoisotopic (exact) mass is 464 g/mol. The van der Waals surface area contributed by atoms with Crippen LogP contribution in [0.3, 0.4) is 0 Å². The first-order chi connectivity index (χ1) is 13.8. The number of hydrogen-bond donors (Lipinski definition) is 4. The summed E-state index contributed by atoms with van der Waals surface area (Å²) in [6, 6.07) is 11.6. The van der Waals surface area contributed by atoms with Crippen molar-refractivity contribution in [3.63, 3.8) is 0 Å². The summed E-state index contributed by atoms with van der Waals surface area (Å²) in [5.74, 6) is -1.02. The maximum atomic E-state index is 12.4. The standard InChI is InChI=1S/C20H21BrN2O6/c1-12(3-10-18(25)23-27)19(13-4-9-17(28-2)16(24)11-13)29-20(26)22-15-7-5-14(21)6-8-15/h3-12,19,24,27H,1-2H3,(H,22,26)(H,23,25)/b10-3+/t12-,19-/m0/s1. The van der Waals surface area contributed by atoms with E-state index >= 15 is 0 Å². The number of aromatic hydroxyl groups is 1. The number of methoxy groups -OCH3 is 1. The summed E-state index contributed by atoms with van der Waals surface area (Å²) in [4.78, 5) is 23.7. The molecule has 2 rings (SSSR count). The second-order valence-corrected chi connectivity index (χ2v) is 7.00. The second kappa shape index (κ2) is 10.5. The number of amides is 2. The van der Waals surface area contributed by atoms with Crippen molar-refractivity contribution in [1.29, 1.82) is 0 Å². The van der Waals surface area contributed by atoms with Crippen LogP contribution >= 0.6 is 15.9 Å². The van der Waals surface area contributed by atoms with Gasteiger partial charge in [0.15, 0.2) is 11.5 Å². The summed E-state index contributed by atoms with van der Waals surface area (Å²) >= 11 is 3.32. The van der Waals surface area contributed by atoms with Crippen LogP contribution in [-0.2, 0) is 9.53 Å². The highest BCUT2D eigenvalue weighted by Gasteiger charge is 2.23. The van der Waals surface area contributed by atoms with Crippen LogP contribution < -0.4 is 15.5 Å². The number of hydroxylamine groups is 1. The quantitative estimate of drug-likeness (QED) is 0.277. The Hall–Kier alpha value is -3.04. The molecule has 0 spiro atoms. The van der Waals surface area contributed by atoms with Crippen molar-refractivity contribution in [1.82, 2.24) is 5.48 Å². The van der Waals surface area contributed by atoms with Crippen molar-refractivity contribution < 1.29 is 29.4 Å². The van der Waals surface area contributed by atoms with Crippen LogP contribution in [0.1, 0.15) is 18.6 Å². The fraction of sp³-hybridized carbons (Fsp3) is 0.200. The van der Waals surface area contributed by atoms with Gasteiger partial charge in [-0.1, -0.05) is 35.0 Å². The van der Waals surface area contributed by atoms with E-state index in [1.807, 2.05) is 0 Å². The number of phenols is 1. The van der Waals surface area contributed by atoms with Crippen LogP contribution in [0.5, 0.6) is 11.5 Å². The zero-order chi connectivity index (χ0) is 21.4. The topological polar surface area (TPSA) is 117 Å². The zero-order valence-corrected chi connectivity index (χ0v) is 17.3. The number of benzene rings is 2. The van der Waals surface area contributed by atoms with E-state index in [1.54, 1.807) is 43.3 Å². The number of hydrogen-bond acceptors (Lipinski definition) is 6. The minimum Gasteiger partial charge on any atom is -0.504 e. The molecule has 0 radical (unpaired) electrons. The van der Waals surface area contributed by atoms with Gasteiger partial charge in [-0.15, -0.1) is 0 Å².